The van der Waals surface area contributed by atoms with Gasteiger partial charge in [-0.3, -0.25) is 4.79 Å². The van der Waals surface area contributed by atoms with Gasteiger partial charge in [0.2, 0.25) is 0 Å². The number of ether oxygens (including phenoxy) is 1. The Kier molecular flexibility index (Phi) is 6.31. The van der Waals surface area contributed by atoms with Gasteiger partial charge in [0.1, 0.15) is 11.2 Å². The number of amides is 1. The third-order valence-corrected chi connectivity index (χ3v) is 6.26. The van der Waals surface area contributed by atoms with Crippen molar-refractivity contribution in [2.75, 3.05) is 39.8 Å². The van der Waals surface area contributed by atoms with Gasteiger partial charge in [0, 0.05) is 13.6 Å². The van der Waals surface area contributed by atoms with Crippen molar-refractivity contribution in [3.05, 3.63) is 95.6 Å². The lowest BCUT2D eigenvalue weighted by molar-refractivity contribution is -0.124. The Labute approximate surface area is 190 Å². The molecular formula is C27H31N3O2. The second-order valence-corrected chi connectivity index (χ2v) is 8.62. The molecule has 0 fully saturated rings. The predicted molar refractivity (Wildman–Crippen MR) is 129 cm³/mol. The molecule has 1 amide bonds. The van der Waals surface area contributed by atoms with Crippen molar-refractivity contribution in [2.24, 2.45) is 0 Å². The van der Waals surface area contributed by atoms with Crippen LogP contribution in [0, 0.1) is 0 Å². The highest BCUT2D eigenvalue weighted by molar-refractivity contribution is 6.09. The Morgan fingerprint density at radius 2 is 1.53 bits per heavy atom. The number of rotatable bonds is 8. The van der Waals surface area contributed by atoms with Crippen molar-refractivity contribution in [2.45, 2.75) is 18.4 Å². The number of anilines is 1. The number of para-hydroxylation sites is 1. The summed E-state index contributed by atoms with van der Waals surface area (Å²) < 4.78 is 5.28. The van der Waals surface area contributed by atoms with E-state index in [0.29, 0.717) is 13.0 Å². The minimum atomic E-state index is -0.712. The fraction of sp³-hybridized carbons (Fsp3) is 0.296. The van der Waals surface area contributed by atoms with Gasteiger partial charge >= 0.3 is 0 Å². The monoisotopic (exact) mass is 429 g/mol. The Morgan fingerprint density at radius 3 is 2.19 bits per heavy atom. The molecule has 1 aliphatic heterocycles. The van der Waals surface area contributed by atoms with Gasteiger partial charge in [-0.05, 0) is 62.0 Å². The van der Waals surface area contributed by atoms with Crippen LogP contribution in [-0.2, 0) is 16.8 Å². The summed E-state index contributed by atoms with van der Waals surface area (Å²) in [4.78, 5) is 16.4. The zero-order chi connectivity index (χ0) is 22.7. The molecule has 0 bridgehead atoms. The molecule has 5 nitrogen and oxygen atoms in total. The molecule has 0 radical (unpaired) electrons. The molecule has 3 aromatic rings. The summed E-state index contributed by atoms with van der Waals surface area (Å²) in [6, 6.07) is 26.4. The van der Waals surface area contributed by atoms with Crippen LogP contribution < -0.4 is 9.75 Å². The van der Waals surface area contributed by atoms with Crippen molar-refractivity contribution in [3.8, 4) is 5.75 Å². The summed E-state index contributed by atoms with van der Waals surface area (Å²) in [6.07, 6.45) is 0.715. The van der Waals surface area contributed by atoms with Crippen LogP contribution in [0.4, 0.5) is 5.69 Å². The molecule has 1 atom stereocenters. The SMILES string of the molecule is COc1ccc(CN(C)N2C(=O)C(CCN(C)C)(c3ccccc3)c3ccccc32)cc1. The second-order valence-electron chi connectivity index (χ2n) is 8.62. The fourth-order valence-corrected chi connectivity index (χ4v) is 4.61. The van der Waals surface area contributed by atoms with E-state index in [1.165, 1.54) is 0 Å². The molecule has 1 unspecified atom stereocenters. The van der Waals surface area contributed by atoms with E-state index in [0.717, 1.165) is 34.7 Å². The first kappa shape index (κ1) is 22.1. The maximum absolute atomic E-state index is 14.3. The molecular weight excluding hydrogens is 398 g/mol. The molecule has 0 N–H and O–H groups in total. The minimum absolute atomic E-state index is 0.0998. The van der Waals surface area contributed by atoms with Gasteiger partial charge in [-0.15, -0.1) is 0 Å². The van der Waals surface area contributed by atoms with Gasteiger partial charge in [-0.2, -0.15) is 0 Å². The summed E-state index contributed by atoms with van der Waals surface area (Å²) in [5.41, 5.74) is 3.47. The molecule has 0 aromatic heterocycles. The van der Waals surface area contributed by atoms with E-state index in [4.69, 9.17) is 4.74 Å². The molecule has 5 heteroatoms. The first-order valence-electron chi connectivity index (χ1n) is 11.0. The van der Waals surface area contributed by atoms with Crippen LogP contribution in [0.25, 0.3) is 0 Å². The maximum Gasteiger partial charge on any atom is 0.256 e. The van der Waals surface area contributed by atoms with E-state index in [9.17, 15) is 4.79 Å². The number of methoxy groups -OCH3 is 1. The zero-order valence-corrected chi connectivity index (χ0v) is 19.3. The highest BCUT2D eigenvalue weighted by Crippen LogP contribution is 2.48. The van der Waals surface area contributed by atoms with Crippen LogP contribution in [0.3, 0.4) is 0 Å². The van der Waals surface area contributed by atoms with Crippen molar-refractivity contribution >= 4 is 11.6 Å². The largest absolute Gasteiger partial charge is 0.497 e. The molecule has 166 valence electrons. The first-order chi connectivity index (χ1) is 15.5. The van der Waals surface area contributed by atoms with Crippen LogP contribution in [-0.4, -0.2) is 50.6 Å². The first-order valence-corrected chi connectivity index (χ1v) is 11.0. The van der Waals surface area contributed by atoms with Crippen LogP contribution in [0.15, 0.2) is 78.9 Å². The van der Waals surface area contributed by atoms with Crippen molar-refractivity contribution in [1.82, 2.24) is 9.91 Å². The summed E-state index contributed by atoms with van der Waals surface area (Å²) in [5, 5.41) is 3.88. The number of hydrazine groups is 1. The number of carbonyl (C=O) groups is 1. The topological polar surface area (TPSA) is 36.0 Å². The Morgan fingerprint density at radius 1 is 0.875 bits per heavy atom. The Bertz CT molecular complexity index is 1070. The van der Waals surface area contributed by atoms with E-state index < -0.39 is 5.41 Å². The maximum atomic E-state index is 14.3. The smallest absolute Gasteiger partial charge is 0.256 e. The molecule has 0 saturated heterocycles. The van der Waals surface area contributed by atoms with Crippen LogP contribution >= 0.6 is 0 Å². The number of nitrogens with zero attached hydrogens (tertiary/aromatic N) is 3. The highest BCUT2D eigenvalue weighted by Gasteiger charge is 2.52. The molecule has 0 saturated carbocycles. The minimum Gasteiger partial charge on any atom is -0.497 e. The van der Waals surface area contributed by atoms with Crippen molar-refractivity contribution in [1.29, 1.82) is 0 Å². The lowest BCUT2D eigenvalue weighted by Gasteiger charge is -2.33. The van der Waals surface area contributed by atoms with Gasteiger partial charge < -0.3 is 9.64 Å². The summed E-state index contributed by atoms with van der Waals surface area (Å²) >= 11 is 0. The molecule has 4 rings (SSSR count). The summed E-state index contributed by atoms with van der Waals surface area (Å²) in [5.74, 6) is 0.925. The molecule has 3 aromatic carbocycles. The van der Waals surface area contributed by atoms with Gasteiger partial charge in [0.15, 0.2) is 0 Å². The number of hydrogen-bond donors (Lipinski definition) is 0. The van der Waals surface area contributed by atoms with Crippen LogP contribution in [0.2, 0.25) is 0 Å². The number of fused-ring (bicyclic) bond motifs is 1. The van der Waals surface area contributed by atoms with Gasteiger partial charge in [-0.25, -0.2) is 10.0 Å². The third kappa shape index (κ3) is 3.90. The molecule has 0 spiro atoms. The van der Waals surface area contributed by atoms with Crippen molar-refractivity contribution < 1.29 is 9.53 Å². The van der Waals surface area contributed by atoms with E-state index in [-0.39, 0.29) is 5.91 Å². The Hall–Kier alpha value is -3.15. The van der Waals surface area contributed by atoms with Gasteiger partial charge in [-0.1, -0.05) is 60.7 Å². The van der Waals surface area contributed by atoms with E-state index in [1.807, 2.05) is 71.7 Å². The quantitative estimate of drug-likeness (QED) is 0.534. The highest BCUT2D eigenvalue weighted by atomic mass is 16.5. The lowest BCUT2D eigenvalue weighted by Crippen LogP contribution is -2.49. The lowest BCUT2D eigenvalue weighted by atomic mass is 9.73. The van der Waals surface area contributed by atoms with E-state index >= 15 is 0 Å². The standard InChI is InChI=1S/C27H31N3O2/c1-28(2)19-18-27(22-10-6-5-7-11-22)24-12-8-9-13-25(24)30(26(27)31)29(3)20-21-14-16-23(32-4)17-15-21/h5-17H,18-20H2,1-4H3. The Balaban J connectivity index is 1.75. The molecule has 1 heterocycles. The van der Waals surface area contributed by atoms with Crippen molar-refractivity contribution in [3.63, 3.8) is 0 Å². The number of carbonyl (C=O) groups excluding carboxylic acids is 1. The van der Waals surface area contributed by atoms with Crippen LogP contribution in [0.1, 0.15) is 23.1 Å². The zero-order valence-electron chi connectivity index (χ0n) is 19.3. The van der Waals surface area contributed by atoms with E-state index in [2.05, 4.69) is 43.3 Å². The van der Waals surface area contributed by atoms with Gasteiger partial charge in [0.05, 0.1) is 12.8 Å². The summed E-state index contributed by atoms with van der Waals surface area (Å²) in [6.45, 7) is 1.42. The number of benzene rings is 3. The number of hydrogen-bond acceptors (Lipinski definition) is 4. The average Bonchev–Trinajstić information content (AvgIpc) is 3.07. The molecule has 1 aliphatic rings. The third-order valence-electron chi connectivity index (χ3n) is 6.26. The van der Waals surface area contributed by atoms with Crippen LogP contribution in [0.5, 0.6) is 5.75 Å². The van der Waals surface area contributed by atoms with E-state index in [1.54, 1.807) is 7.11 Å². The fourth-order valence-electron chi connectivity index (χ4n) is 4.61. The average molecular weight is 430 g/mol. The molecule has 32 heavy (non-hydrogen) atoms. The second kappa shape index (κ2) is 9.15. The molecule has 0 aliphatic carbocycles. The summed E-state index contributed by atoms with van der Waals surface area (Å²) in [7, 11) is 7.75. The predicted octanol–water partition coefficient (Wildman–Crippen LogP) is 4.33. The normalized spacial score (nSPS) is 17.8. The van der Waals surface area contributed by atoms with Gasteiger partial charge in [0.25, 0.3) is 5.91 Å².